The summed E-state index contributed by atoms with van der Waals surface area (Å²) in [7, 11) is 1.71. The number of amides is 2. The number of ether oxygens (including phenoxy) is 1. The van der Waals surface area contributed by atoms with Crippen LogP contribution >= 0.6 is 0 Å². The monoisotopic (exact) mass is 308 g/mol. The van der Waals surface area contributed by atoms with Crippen LogP contribution in [0.25, 0.3) is 0 Å². The third-order valence-electron chi connectivity index (χ3n) is 4.36. The number of nitrogens with one attached hydrogen (secondary N) is 1. The van der Waals surface area contributed by atoms with Gasteiger partial charge >= 0.3 is 6.03 Å². The van der Waals surface area contributed by atoms with Crippen molar-refractivity contribution >= 4 is 11.8 Å². The Morgan fingerprint density at radius 2 is 2.27 bits per heavy atom. The lowest BCUT2D eigenvalue weighted by Crippen LogP contribution is -2.52. The van der Waals surface area contributed by atoms with Crippen molar-refractivity contribution in [1.29, 1.82) is 0 Å². The number of aryl methyl sites for hydroxylation is 1. The van der Waals surface area contributed by atoms with Gasteiger partial charge in [-0.3, -0.25) is 5.32 Å². The first kappa shape index (κ1) is 16.8. The average Bonchev–Trinajstić information content (AvgIpc) is 3.08. The number of rotatable bonds is 7. The van der Waals surface area contributed by atoms with Crippen LogP contribution in [-0.4, -0.2) is 46.5 Å². The first-order valence-corrected chi connectivity index (χ1v) is 8.26. The molecule has 1 aromatic rings. The normalized spacial score (nSPS) is 21.3. The van der Waals surface area contributed by atoms with Crippen LogP contribution in [0.3, 0.4) is 0 Å². The van der Waals surface area contributed by atoms with Gasteiger partial charge in [0.15, 0.2) is 0 Å². The van der Waals surface area contributed by atoms with Crippen LogP contribution in [0, 0.1) is 0 Å². The van der Waals surface area contributed by atoms with E-state index in [1.54, 1.807) is 13.3 Å². The summed E-state index contributed by atoms with van der Waals surface area (Å²) < 4.78 is 7.26. The van der Waals surface area contributed by atoms with Crippen LogP contribution in [0.4, 0.5) is 10.6 Å². The highest BCUT2D eigenvalue weighted by molar-refractivity contribution is 5.89. The minimum Gasteiger partial charge on any atom is -0.382 e. The first-order valence-electron chi connectivity index (χ1n) is 8.26. The van der Waals surface area contributed by atoms with E-state index >= 15 is 0 Å². The van der Waals surface area contributed by atoms with Crippen LogP contribution in [0.5, 0.6) is 0 Å². The van der Waals surface area contributed by atoms with E-state index in [4.69, 9.17) is 4.74 Å². The molecule has 1 aliphatic heterocycles. The molecule has 6 heteroatoms. The molecule has 0 bridgehead atoms. The Hall–Kier alpha value is -1.56. The summed E-state index contributed by atoms with van der Waals surface area (Å²) in [6.07, 6.45) is 6.77. The zero-order valence-electron chi connectivity index (χ0n) is 14.0. The van der Waals surface area contributed by atoms with Gasteiger partial charge in [0, 0.05) is 26.3 Å². The van der Waals surface area contributed by atoms with Crippen molar-refractivity contribution in [1.82, 2.24) is 14.7 Å². The Balaban J connectivity index is 2.11. The van der Waals surface area contributed by atoms with E-state index in [0.717, 1.165) is 51.0 Å². The molecule has 22 heavy (non-hydrogen) atoms. The molecular weight excluding hydrogens is 280 g/mol. The van der Waals surface area contributed by atoms with Gasteiger partial charge in [0.1, 0.15) is 5.82 Å². The van der Waals surface area contributed by atoms with Crippen LogP contribution in [0.15, 0.2) is 12.3 Å². The molecule has 6 nitrogen and oxygen atoms in total. The minimum absolute atomic E-state index is 0.0409. The lowest BCUT2D eigenvalue weighted by atomic mass is 9.91. The molecular formula is C16H28N4O2. The number of nitrogens with zero attached hydrogens (tertiary/aromatic N) is 3. The van der Waals surface area contributed by atoms with Crippen molar-refractivity contribution in [2.75, 3.05) is 25.6 Å². The molecule has 1 N–H and O–H groups in total. The smallest absolute Gasteiger partial charge is 0.323 e. The standard InChI is InChI=1S/C16H28N4O2/c1-4-8-16(13-22-3)9-6-12-19(16)15(21)18-14-7-10-17-20(14)11-5-2/h7,10H,4-6,8-9,11-13H2,1-3H3,(H,18,21). The fourth-order valence-corrected chi connectivity index (χ4v) is 3.48. The summed E-state index contributed by atoms with van der Waals surface area (Å²) in [6, 6.07) is 1.81. The summed E-state index contributed by atoms with van der Waals surface area (Å²) >= 11 is 0. The molecule has 0 aromatic carbocycles. The summed E-state index contributed by atoms with van der Waals surface area (Å²) in [5, 5.41) is 7.27. The van der Waals surface area contributed by atoms with Crippen molar-refractivity contribution in [3.63, 3.8) is 0 Å². The highest BCUT2D eigenvalue weighted by Crippen LogP contribution is 2.34. The second-order valence-corrected chi connectivity index (χ2v) is 6.03. The van der Waals surface area contributed by atoms with E-state index in [-0.39, 0.29) is 11.6 Å². The molecule has 1 aliphatic rings. The van der Waals surface area contributed by atoms with Crippen molar-refractivity contribution in [2.45, 2.75) is 58.0 Å². The predicted molar refractivity (Wildman–Crippen MR) is 87.0 cm³/mol. The molecule has 1 fully saturated rings. The molecule has 1 aromatic heterocycles. The zero-order chi connectivity index (χ0) is 16.0. The Kier molecular flexibility index (Phi) is 5.83. The van der Waals surface area contributed by atoms with Crippen LogP contribution in [-0.2, 0) is 11.3 Å². The number of anilines is 1. The quantitative estimate of drug-likeness (QED) is 0.842. The first-order chi connectivity index (χ1) is 10.7. The summed E-state index contributed by atoms with van der Waals surface area (Å²) in [6.45, 7) is 6.45. The van der Waals surface area contributed by atoms with E-state index in [9.17, 15) is 4.79 Å². The Morgan fingerprint density at radius 3 is 2.95 bits per heavy atom. The number of aromatic nitrogens is 2. The zero-order valence-corrected chi connectivity index (χ0v) is 14.0. The number of carbonyl (C=O) groups excluding carboxylic acids is 1. The second kappa shape index (κ2) is 7.63. The van der Waals surface area contributed by atoms with Gasteiger partial charge in [-0.1, -0.05) is 20.3 Å². The summed E-state index contributed by atoms with van der Waals surface area (Å²) in [4.78, 5) is 14.7. The largest absolute Gasteiger partial charge is 0.382 e. The molecule has 0 saturated carbocycles. The number of likely N-dealkylation sites (tertiary alicyclic amines) is 1. The average molecular weight is 308 g/mol. The minimum atomic E-state index is -0.164. The summed E-state index contributed by atoms with van der Waals surface area (Å²) in [5.74, 6) is 0.765. The molecule has 2 heterocycles. The highest BCUT2D eigenvalue weighted by Gasteiger charge is 2.43. The lowest BCUT2D eigenvalue weighted by molar-refractivity contribution is 0.0539. The van der Waals surface area contributed by atoms with E-state index in [1.807, 2.05) is 15.6 Å². The van der Waals surface area contributed by atoms with Crippen LogP contribution in [0.2, 0.25) is 0 Å². The Bertz CT molecular complexity index is 480. The fraction of sp³-hybridized carbons (Fsp3) is 0.750. The third-order valence-corrected chi connectivity index (χ3v) is 4.36. The van der Waals surface area contributed by atoms with Gasteiger partial charge in [-0.15, -0.1) is 0 Å². The number of hydrogen-bond acceptors (Lipinski definition) is 3. The van der Waals surface area contributed by atoms with Crippen LogP contribution < -0.4 is 5.32 Å². The fourth-order valence-electron chi connectivity index (χ4n) is 3.48. The van der Waals surface area contributed by atoms with Gasteiger partial charge in [-0.05, 0) is 25.7 Å². The molecule has 2 rings (SSSR count). The van der Waals surface area contributed by atoms with Gasteiger partial charge in [0.25, 0.3) is 0 Å². The van der Waals surface area contributed by atoms with Gasteiger partial charge in [-0.2, -0.15) is 5.10 Å². The molecule has 0 aliphatic carbocycles. The van der Waals surface area contributed by atoms with E-state index in [1.165, 1.54) is 0 Å². The van der Waals surface area contributed by atoms with Crippen molar-refractivity contribution in [2.24, 2.45) is 0 Å². The Labute approximate surface area is 132 Å². The molecule has 1 atom stereocenters. The molecule has 1 saturated heterocycles. The van der Waals surface area contributed by atoms with Crippen LogP contribution in [0.1, 0.15) is 46.0 Å². The van der Waals surface area contributed by atoms with Gasteiger partial charge in [0.2, 0.25) is 0 Å². The number of urea groups is 1. The molecule has 0 radical (unpaired) electrons. The van der Waals surface area contributed by atoms with Gasteiger partial charge in [0.05, 0.1) is 18.3 Å². The third kappa shape index (κ3) is 3.43. The van der Waals surface area contributed by atoms with E-state index in [2.05, 4.69) is 24.3 Å². The van der Waals surface area contributed by atoms with Crippen molar-refractivity contribution in [3.8, 4) is 0 Å². The predicted octanol–water partition coefficient (Wildman–Crippen LogP) is 3.11. The topological polar surface area (TPSA) is 59.4 Å². The van der Waals surface area contributed by atoms with Crippen molar-refractivity contribution < 1.29 is 9.53 Å². The molecule has 2 amide bonds. The van der Waals surface area contributed by atoms with Gasteiger partial charge < -0.3 is 9.64 Å². The lowest BCUT2D eigenvalue weighted by Gasteiger charge is -2.38. The SMILES string of the molecule is CCCn1nccc1NC(=O)N1CCCC1(CCC)COC. The number of hydrogen-bond donors (Lipinski definition) is 1. The van der Waals surface area contributed by atoms with E-state index < -0.39 is 0 Å². The maximum absolute atomic E-state index is 12.8. The maximum atomic E-state index is 12.8. The Morgan fingerprint density at radius 1 is 1.45 bits per heavy atom. The second-order valence-electron chi connectivity index (χ2n) is 6.03. The molecule has 1 unspecified atom stereocenters. The van der Waals surface area contributed by atoms with E-state index in [0.29, 0.717) is 6.61 Å². The maximum Gasteiger partial charge on any atom is 0.323 e. The highest BCUT2D eigenvalue weighted by atomic mass is 16.5. The molecule has 124 valence electrons. The van der Waals surface area contributed by atoms with Crippen molar-refractivity contribution in [3.05, 3.63) is 12.3 Å². The number of methoxy groups -OCH3 is 1. The molecule has 0 spiro atoms. The van der Waals surface area contributed by atoms with Gasteiger partial charge in [-0.25, -0.2) is 9.48 Å². The summed E-state index contributed by atoms with van der Waals surface area (Å²) in [5.41, 5.74) is -0.164. The number of carbonyl (C=O) groups is 1.